The lowest BCUT2D eigenvalue weighted by molar-refractivity contribution is -0.136. The van der Waals surface area contributed by atoms with Crippen LogP contribution in [-0.2, 0) is 15.0 Å². The molecular formula is C21H24N2O2S. The minimum absolute atomic E-state index is 0.0665. The van der Waals surface area contributed by atoms with E-state index in [1.807, 2.05) is 36.6 Å². The highest BCUT2D eigenvalue weighted by Crippen LogP contribution is 2.33. The molecule has 0 aliphatic carbocycles. The number of hydrogen-bond acceptors (Lipinski definition) is 4. The number of anilines is 1. The van der Waals surface area contributed by atoms with Gasteiger partial charge in [-0.3, -0.25) is 14.5 Å². The number of rotatable bonds is 5. The minimum Gasteiger partial charge on any atom is -0.350 e. The Hall–Kier alpha value is -2.40. The first-order valence-corrected chi connectivity index (χ1v) is 9.72. The molecule has 4 nitrogen and oxygen atoms in total. The van der Waals surface area contributed by atoms with Gasteiger partial charge in [0.25, 0.3) is 11.8 Å². The van der Waals surface area contributed by atoms with E-state index in [2.05, 4.69) is 38.2 Å². The molecule has 0 bridgehead atoms. The topological polar surface area (TPSA) is 49.4 Å². The van der Waals surface area contributed by atoms with Crippen LogP contribution in [0.25, 0.3) is 5.57 Å². The van der Waals surface area contributed by atoms with Gasteiger partial charge < -0.3 is 5.32 Å². The van der Waals surface area contributed by atoms with Crippen molar-refractivity contribution in [1.29, 1.82) is 0 Å². The zero-order valence-corrected chi connectivity index (χ0v) is 16.4. The van der Waals surface area contributed by atoms with Crippen LogP contribution < -0.4 is 5.32 Å². The molecular weight excluding hydrogens is 344 g/mol. The summed E-state index contributed by atoms with van der Waals surface area (Å²) in [6.45, 7) is 8.88. The summed E-state index contributed by atoms with van der Waals surface area (Å²) in [5.41, 5.74) is 2.93. The molecule has 0 atom stereocenters. The van der Waals surface area contributed by atoms with Gasteiger partial charge in [0, 0.05) is 17.1 Å². The first kappa shape index (κ1) is 18.4. The van der Waals surface area contributed by atoms with E-state index in [0.29, 0.717) is 17.8 Å². The molecule has 0 unspecified atom stereocenters. The maximum atomic E-state index is 12.8. The Morgan fingerprint density at radius 1 is 1.04 bits per heavy atom. The predicted octanol–water partition coefficient (Wildman–Crippen LogP) is 4.65. The van der Waals surface area contributed by atoms with Gasteiger partial charge in [-0.05, 0) is 41.0 Å². The molecule has 0 fully saturated rings. The number of amides is 2. The van der Waals surface area contributed by atoms with Crippen LogP contribution in [0.15, 0.2) is 47.5 Å². The van der Waals surface area contributed by atoms with Crippen LogP contribution in [0.3, 0.4) is 0 Å². The Bertz CT molecular complexity index is 843. The molecule has 5 heteroatoms. The molecule has 0 saturated carbocycles. The summed E-state index contributed by atoms with van der Waals surface area (Å²) in [4.78, 5) is 27.8. The number of carbonyl (C=O) groups excluding carboxylic acids is 2. The Kier molecular flexibility index (Phi) is 5.01. The van der Waals surface area contributed by atoms with Gasteiger partial charge in [-0.15, -0.1) is 11.3 Å². The van der Waals surface area contributed by atoms with E-state index >= 15 is 0 Å². The van der Waals surface area contributed by atoms with E-state index in [9.17, 15) is 9.59 Å². The van der Waals surface area contributed by atoms with Crippen molar-refractivity contribution in [2.24, 2.45) is 0 Å². The van der Waals surface area contributed by atoms with Crippen LogP contribution in [0.2, 0.25) is 0 Å². The SMILES string of the molecule is CCCN1C(=O)C(Nc2ccc(C(C)(C)C)cc2)=C(c2cccs2)C1=O. The first-order chi connectivity index (χ1) is 12.3. The lowest BCUT2D eigenvalue weighted by Crippen LogP contribution is -2.33. The molecule has 1 aromatic carbocycles. The molecule has 136 valence electrons. The number of benzene rings is 1. The Morgan fingerprint density at radius 2 is 1.73 bits per heavy atom. The Morgan fingerprint density at radius 3 is 2.27 bits per heavy atom. The molecule has 0 saturated heterocycles. The van der Waals surface area contributed by atoms with Gasteiger partial charge in [-0.2, -0.15) is 0 Å². The number of nitrogens with zero attached hydrogens (tertiary/aromatic N) is 1. The highest BCUT2D eigenvalue weighted by molar-refractivity contribution is 7.11. The van der Waals surface area contributed by atoms with Crippen molar-refractivity contribution < 1.29 is 9.59 Å². The summed E-state index contributed by atoms with van der Waals surface area (Å²) in [6, 6.07) is 11.8. The fraction of sp³-hybridized carbons (Fsp3) is 0.333. The quantitative estimate of drug-likeness (QED) is 0.782. The van der Waals surface area contributed by atoms with E-state index in [4.69, 9.17) is 0 Å². The fourth-order valence-electron chi connectivity index (χ4n) is 2.97. The van der Waals surface area contributed by atoms with Crippen LogP contribution in [0.1, 0.15) is 44.6 Å². The van der Waals surface area contributed by atoms with Gasteiger partial charge in [-0.25, -0.2) is 0 Å². The maximum Gasteiger partial charge on any atom is 0.278 e. The summed E-state index contributed by atoms with van der Waals surface area (Å²) < 4.78 is 0. The van der Waals surface area contributed by atoms with Crippen molar-refractivity contribution >= 4 is 34.4 Å². The maximum absolute atomic E-state index is 12.8. The second-order valence-electron chi connectivity index (χ2n) is 7.44. The van der Waals surface area contributed by atoms with E-state index in [0.717, 1.165) is 17.0 Å². The third-order valence-corrected chi connectivity index (χ3v) is 5.29. The number of imide groups is 1. The molecule has 1 aliphatic rings. The van der Waals surface area contributed by atoms with Crippen molar-refractivity contribution in [3.63, 3.8) is 0 Å². The van der Waals surface area contributed by atoms with Crippen molar-refractivity contribution in [3.8, 4) is 0 Å². The summed E-state index contributed by atoms with van der Waals surface area (Å²) >= 11 is 1.47. The first-order valence-electron chi connectivity index (χ1n) is 8.85. The van der Waals surface area contributed by atoms with Gasteiger partial charge in [0.2, 0.25) is 0 Å². The van der Waals surface area contributed by atoms with Crippen LogP contribution in [0.5, 0.6) is 0 Å². The zero-order chi connectivity index (χ0) is 18.9. The molecule has 0 radical (unpaired) electrons. The van der Waals surface area contributed by atoms with Gasteiger partial charge >= 0.3 is 0 Å². The Labute approximate surface area is 158 Å². The lowest BCUT2D eigenvalue weighted by Gasteiger charge is -2.19. The van der Waals surface area contributed by atoms with Crippen LogP contribution in [-0.4, -0.2) is 23.3 Å². The molecule has 1 aromatic heterocycles. The largest absolute Gasteiger partial charge is 0.350 e. The van der Waals surface area contributed by atoms with E-state index < -0.39 is 0 Å². The fourth-order valence-corrected chi connectivity index (χ4v) is 3.73. The van der Waals surface area contributed by atoms with Crippen LogP contribution in [0, 0.1) is 0 Å². The van der Waals surface area contributed by atoms with E-state index in [-0.39, 0.29) is 17.2 Å². The molecule has 2 heterocycles. The average Bonchev–Trinajstić information content (AvgIpc) is 3.18. The highest BCUT2D eigenvalue weighted by atomic mass is 32.1. The van der Waals surface area contributed by atoms with Crippen molar-refractivity contribution in [1.82, 2.24) is 4.90 Å². The summed E-state index contributed by atoms with van der Waals surface area (Å²) in [5, 5.41) is 5.12. The second kappa shape index (κ2) is 7.08. The molecule has 0 spiro atoms. The lowest BCUT2D eigenvalue weighted by atomic mass is 9.87. The predicted molar refractivity (Wildman–Crippen MR) is 107 cm³/mol. The molecule has 2 amide bonds. The Balaban J connectivity index is 1.96. The number of hydrogen-bond donors (Lipinski definition) is 1. The standard InChI is InChI=1S/C21H24N2O2S/c1-5-12-23-19(24)17(16-7-6-13-26-16)18(20(23)25)22-15-10-8-14(9-11-15)21(2,3)4/h6-11,13,22H,5,12H2,1-4H3. The van der Waals surface area contributed by atoms with Crippen LogP contribution >= 0.6 is 11.3 Å². The number of nitrogens with one attached hydrogen (secondary N) is 1. The zero-order valence-electron chi connectivity index (χ0n) is 15.6. The highest BCUT2D eigenvalue weighted by Gasteiger charge is 2.39. The third kappa shape index (κ3) is 3.44. The van der Waals surface area contributed by atoms with Crippen LogP contribution in [0.4, 0.5) is 5.69 Å². The van der Waals surface area contributed by atoms with Gasteiger partial charge in [-0.1, -0.05) is 45.9 Å². The monoisotopic (exact) mass is 368 g/mol. The normalized spacial score (nSPS) is 15.2. The third-order valence-electron chi connectivity index (χ3n) is 4.40. The van der Waals surface area contributed by atoms with Gasteiger partial charge in [0.1, 0.15) is 5.70 Å². The molecule has 2 aromatic rings. The van der Waals surface area contributed by atoms with Gasteiger partial charge in [0.05, 0.1) is 5.57 Å². The molecule has 3 rings (SSSR count). The van der Waals surface area contributed by atoms with Crippen molar-refractivity contribution in [2.45, 2.75) is 39.5 Å². The summed E-state index contributed by atoms with van der Waals surface area (Å²) in [5.74, 6) is -0.465. The summed E-state index contributed by atoms with van der Waals surface area (Å²) in [7, 11) is 0. The van der Waals surface area contributed by atoms with Gasteiger partial charge in [0.15, 0.2) is 0 Å². The second-order valence-corrected chi connectivity index (χ2v) is 8.39. The number of thiophene rings is 1. The minimum atomic E-state index is -0.250. The molecule has 1 N–H and O–H groups in total. The average molecular weight is 369 g/mol. The summed E-state index contributed by atoms with van der Waals surface area (Å²) in [6.07, 6.45) is 0.739. The van der Waals surface area contributed by atoms with Crippen molar-refractivity contribution in [3.05, 3.63) is 57.9 Å². The molecule has 26 heavy (non-hydrogen) atoms. The van der Waals surface area contributed by atoms with E-state index in [1.54, 1.807) is 0 Å². The molecule has 1 aliphatic heterocycles. The van der Waals surface area contributed by atoms with E-state index in [1.165, 1.54) is 21.8 Å². The smallest absolute Gasteiger partial charge is 0.278 e. The number of carbonyl (C=O) groups is 2. The van der Waals surface area contributed by atoms with Crippen molar-refractivity contribution in [2.75, 3.05) is 11.9 Å².